The number of methoxy groups -OCH3 is 1. The number of nitrogens with zero attached hydrogens (tertiary/aromatic N) is 5. The summed E-state index contributed by atoms with van der Waals surface area (Å²) in [5, 5.41) is 5.68. The molecule has 238 valence electrons. The third-order valence-electron chi connectivity index (χ3n) is 7.83. The maximum Gasteiger partial charge on any atom is 0.251 e. The summed E-state index contributed by atoms with van der Waals surface area (Å²) < 4.78 is 26.3. The molecule has 2 aromatic carbocycles. The smallest absolute Gasteiger partial charge is 0.251 e. The highest BCUT2D eigenvalue weighted by atomic mass is 19.1. The van der Waals surface area contributed by atoms with Crippen molar-refractivity contribution in [2.45, 2.75) is 25.8 Å². The highest BCUT2D eigenvalue weighted by molar-refractivity contribution is 5.94. The minimum Gasteiger partial charge on any atom is -0.493 e. The Morgan fingerprint density at radius 2 is 1.73 bits per heavy atom. The van der Waals surface area contributed by atoms with Crippen LogP contribution >= 0.6 is 0 Å². The van der Waals surface area contributed by atoms with Crippen molar-refractivity contribution in [3.8, 4) is 17.2 Å². The van der Waals surface area contributed by atoms with Crippen LogP contribution in [0.25, 0.3) is 0 Å². The molecular weight excluding hydrogens is 581 g/mol. The number of fused-ring (bicyclic) bond motifs is 13. The van der Waals surface area contributed by atoms with E-state index < -0.39 is 5.82 Å². The summed E-state index contributed by atoms with van der Waals surface area (Å²) >= 11 is 0. The number of hydrogen-bond donors (Lipinski definition) is 2. The highest BCUT2D eigenvalue weighted by Gasteiger charge is 2.23. The topological polar surface area (TPSA) is 129 Å². The SMILES string of the molecule is COc1cc2ccc1Oc1cccc(F)c1CNC(=O)CCCN(C(=O)CN1CCN(c3ncccn3)CC1)CCCNC2=O. The minimum atomic E-state index is -0.525. The molecule has 45 heavy (non-hydrogen) atoms. The molecule has 1 saturated heterocycles. The van der Waals surface area contributed by atoms with Crippen molar-refractivity contribution in [2.24, 2.45) is 0 Å². The zero-order valence-electron chi connectivity index (χ0n) is 25.3. The van der Waals surface area contributed by atoms with Gasteiger partial charge in [0.15, 0.2) is 11.5 Å². The molecule has 13 heteroatoms. The molecule has 3 aliphatic heterocycles. The third-order valence-corrected chi connectivity index (χ3v) is 7.83. The number of carbonyl (C=O) groups excluding carboxylic acids is 3. The van der Waals surface area contributed by atoms with Crippen LogP contribution in [0.3, 0.4) is 0 Å². The van der Waals surface area contributed by atoms with Gasteiger partial charge in [0.05, 0.1) is 13.7 Å². The van der Waals surface area contributed by atoms with Crippen molar-refractivity contribution >= 4 is 23.7 Å². The van der Waals surface area contributed by atoms with Crippen LogP contribution in [0.1, 0.15) is 35.2 Å². The lowest BCUT2D eigenvalue weighted by Gasteiger charge is -2.35. The Kier molecular flexibility index (Phi) is 10.7. The number of ether oxygens (including phenoxy) is 2. The number of aromatic nitrogens is 2. The second-order valence-corrected chi connectivity index (χ2v) is 10.9. The molecule has 0 aliphatic carbocycles. The number of benzene rings is 2. The summed E-state index contributed by atoms with van der Waals surface area (Å²) in [7, 11) is 1.45. The Morgan fingerprint density at radius 3 is 2.51 bits per heavy atom. The Morgan fingerprint density at radius 1 is 0.956 bits per heavy atom. The van der Waals surface area contributed by atoms with Crippen molar-refractivity contribution in [3.05, 3.63) is 71.8 Å². The highest BCUT2D eigenvalue weighted by Crippen LogP contribution is 2.34. The van der Waals surface area contributed by atoms with Crippen molar-refractivity contribution < 1.29 is 28.2 Å². The maximum atomic E-state index is 14.8. The van der Waals surface area contributed by atoms with E-state index in [1.54, 1.807) is 47.6 Å². The van der Waals surface area contributed by atoms with Crippen molar-refractivity contribution in [3.63, 3.8) is 0 Å². The predicted octanol–water partition coefficient (Wildman–Crippen LogP) is 2.60. The van der Waals surface area contributed by atoms with Gasteiger partial charge in [0, 0.05) is 82.3 Å². The second kappa shape index (κ2) is 15.3. The van der Waals surface area contributed by atoms with Gasteiger partial charge in [0.2, 0.25) is 17.8 Å². The molecule has 2 N–H and O–H groups in total. The molecule has 3 amide bonds. The molecule has 6 rings (SSSR count). The van der Waals surface area contributed by atoms with Crippen LogP contribution in [-0.4, -0.2) is 97.0 Å². The minimum absolute atomic E-state index is 0.0366. The Labute approximate surface area is 261 Å². The maximum absolute atomic E-state index is 14.8. The lowest BCUT2D eigenvalue weighted by molar-refractivity contribution is -0.133. The molecule has 0 radical (unpaired) electrons. The normalized spacial score (nSPS) is 17.2. The molecule has 1 fully saturated rings. The van der Waals surface area contributed by atoms with Gasteiger partial charge in [-0.25, -0.2) is 14.4 Å². The number of carbonyl (C=O) groups is 3. The summed E-state index contributed by atoms with van der Waals surface area (Å²) in [4.78, 5) is 53.7. The first-order valence-corrected chi connectivity index (χ1v) is 15.1. The summed E-state index contributed by atoms with van der Waals surface area (Å²) in [5.41, 5.74) is 0.556. The van der Waals surface area contributed by atoms with Crippen LogP contribution < -0.4 is 25.0 Å². The lowest BCUT2D eigenvalue weighted by Crippen LogP contribution is -2.50. The first-order valence-electron chi connectivity index (χ1n) is 15.1. The molecule has 3 aromatic rings. The third kappa shape index (κ3) is 8.44. The Hall–Kier alpha value is -4.78. The van der Waals surface area contributed by atoms with Gasteiger partial charge in [-0.15, -0.1) is 0 Å². The average molecular weight is 620 g/mol. The van der Waals surface area contributed by atoms with Crippen LogP contribution in [0, 0.1) is 5.82 Å². The molecule has 4 heterocycles. The summed E-state index contributed by atoms with van der Waals surface area (Å²) in [6, 6.07) is 10.9. The van der Waals surface area contributed by atoms with Crippen LogP contribution in [-0.2, 0) is 16.1 Å². The fourth-order valence-corrected chi connectivity index (χ4v) is 5.31. The van der Waals surface area contributed by atoms with Gasteiger partial charge in [0.25, 0.3) is 5.91 Å². The predicted molar refractivity (Wildman–Crippen MR) is 165 cm³/mol. The molecule has 0 saturated carbocycles. The van der Waals surface area contributed by atoms with E-state index in [9.17, 15) is 18.8 Å². The van der Waals surface area contributed by atoms with Crippen molar-refractivity contribution in [1.82, 2.24) is 30.4 Å². The number of anilines is 1. The monoisotopic (exact) mass is 619 g/mol. The number of rotatable bonds is 4. The molecule has 12 nitrogen and oxygen atoms in total. The molecule has 0 atom stereocenters. The standard InChI is InChI=1S/C32H38FN7O5/c1-44-28-20-23-9-10-27(28)45-26-7-2-6-25(33)24(26)21-37-29(41)8-3-14-39(15-5-13-34-31(23)43)30(42)22-38-16-18-40(19-17-38)32-35-11-4-12-36-32/h2,4,6-7,9-12,20H,3,5,8,13-19,21-22H2,1H3,(H,34,43)(H,37,41). The molecule has 3 aliphatic rings. The van der Waals surface area contributed by atoms with Gasteiger partial charge < -0.3 is 29.9 Å². The van der Waals surface area contributed by atoms with Crippen LogP contribution in [0.4, 0.5) is 10.3 Å². The number of nitrogens with one attached hydrogen (secondary N) is 2. The van der Waals surface area contributed by atoms with Gasteiger partial charge in [0.1, 0.15) is 11.6 Å². The van der Waals surface area contributed by atoms with Crippen LogP contribution in [0.15, 0.2) is 54.9 Å². The van der Waals surface area contributed by atoms with Crippen LogP contribution in [0.2, 0.25) is 0 Å². The van der Waals surface area contributed by atoms with E-state index in [1.165, 1.54) is 19.2 Å². The first kappa shape index (κ1) is 31.6. The zero-order chi connectivity index (χ0) is 31.6. The molecule has 2 bridgehead atoms. The second-order valence-electron chi connectivity index (χ2n) is 10.9. The van der Waals surface area contributed by atoms with Gasteiger partial charge >= 0.3 is 0 Å². The fourth-order valence-electron chi connectivity index (χ4n) is 5.31. The number of piperazine rings is 1. The molecule has 1 aromatic heterocycles. The first-order chi connectivity index (χ1) is 21.9. The average Bonchev–Trinajstić information content (AvgIpc) is 3.06. The number of amides is 3. The summed E-state index contributed by atoms with van der Waals surface area (Å²) in [6.45, 7) is 4.15. The number of hydrogen-bond acceptors (Lipinski definition) is 9. The summed E-state index contributed by atoms with van der Waals surface area (Å²) in [6.07, 6.45) is 4.57. The van der Waals surface area contributed by atoms with E-state index in [0.29, 0.717) is 81.7 Å². The van der Waals surface area contributed by atoms with Gasteiger partial charge in [-0.05, 0) is 49.2 Å². The van der Waals surface area contributed by atoms with E-state index in [4.69, 9.17) is 9.47 Å². The van der Waals surface area contributed by atoms with E-state index in [1.807, 2.05) is 0 Å². The largest absolute Gasteiger partial charge is 0.493 e. The van der Waals surface area contributed by atoms with Crippen LogP contribution in [0.5, 0.6) is 17.2 Å². The van der Waals surface area contributed by atoms with Crippen molar-refractivity contribution in [2.75, 3.05) is 64.4 Å². The number of halogens is 1. The van der Waals surface area contributed by atoms with Gasteiger partial charge in [-0.3, -0.25) is 19.3 Å². The Bertz CT molecular complexity index is 1480. The van der Waals surface area contributed by atoms with Crippen molar-refractivity contribution in [1.29, 1.82) is 0 Å². The quantitative estimate of drug-likeness (QED) is 0.453. The van der Waals surface area contributed by atoms with Gasteiger partial charge in [-0.2, -0.15) is 0 Å². The van der Waals surface area contributed by atoms with E-state index >= 15 is 0 Å². The molecule has 0 unspecified atom stereocenters. The molecular formula is C32H38FN7O5. The van der Waals surface area contributed by atoms with E-state index in [-0.39, 0.29) is 48.5 Å². The Balaban J connectivity index is 1.26. The summed E-state index contributed by atoms with van der Waals surface area (Å²) in [5.74, 6) is 0.383. The van der Waals surface area contributed by atoms with E-state index in [2.05, 4.69) is 30.4 Å². The zero-order valence-corrected chi connectivity index (χ0v) is 25.3. The fraction of sp³-hybridized carbons (Fsp3) is 0.406. The lowest BCUT2D eigenvalue weighted by atomic mass is 10.1. The van der Waals surface area contributed by atoms with Gasteiger partial charge in [-0.1, -0.05) is 6.07 Å². The molecule has 0 spiro atoms. The van der Waals surface area contributed by atoms with E-state index in [0.717, 1.165) is 0 Å².